The standard InChI is InChI=1S/C16H20N4OS/c1-19(2)12-6-4-5-11(9-12)15(21)18-16-17-13-7-8-20(3)10-14(13)22-16/h4-6,9H,7-8,10H2,1-3H3,(H,17,18,21). The minimum atomic E-state index is -0.108. The summed E-state index contributed by atoms with van der Waals surface area (Å²) in [5.74, 6) is -0.108. The molecule has 116 valence electrons. The van der Waals surface area contributed by atoms with Gasteiger partial charge in [-0.2, -0.15) is 0 Å². The number of carbonyl (C=O) groups excluding carboxylic acids is 1. The molecule has 0 saturated carbocycles. The molecule has 0 bridgehead atoms. The molecule has 1 N–H and O–H groups in total. The SMILES string of the molecule is CN1CCc2nc(NC(=O)c3cccc(N(C)C)c3)sc2C1. The second kappa shape index (κ2) is 6.06. The average molecular weight is 316 g/mol. The lowest BCUT2D eigenvalue weighted by Crippen LogP contribution is -2.25. The number of carbonyl (C=O) groups is 1. The van der Waals surface area contributed by atoms with Gasteiger partial charge in [0.15, 0.2) is 5.13 Å². The van der Waals surface area contributed by atoms with Crippen molar-refractivity contribution in [1.82, 2.24) is 9.88 Å². The number of benzene rings is 1. The van der Waals surface area contributed by atoms with Crippen LogP contribution in [0, 0.1) is 0 Å². The van der Waals surface area contributed by atoms with E-state index in [0.717, 1.165) is 30.9 Å². The van der Waals surface area contributed by atoms with Crippen molar-refractivity contribution in [3.63, 3.8) is 0 Å². The van der Waals surface area contributed by atoms with E-state index in [1.165, 1.54) is 4.88 Å². The van der Waals surface area contributed by atoms with Crippen LogP contribution in [0.4, 0.5) is 10.8 Å². The third-order valence-electron chi connectivity index (χ3n) is 3.77. The first-order valence-corrected chi connectivity index (χ1v) is 8.10. The Labute approximate surface area is 134 Å². The van der Waals surface area contributed by atoms with Crippen LogP contribution in [0.5, 0.6) is 0 Å². The van der Waals surface area contributed by atoms with Crippen LogP contribution < -0.4 is 10.2 Å². The molecule has 22 heavy (non-hydrogen) atoms. The Morgan fingerprint density at radius 3 is 3.00 bits per heavy atom. The molecule has 0 unspecified atom stereocenters. The zero-order chi connectivity index (χ0) is 15.7. The molecule has 2 aromatic rings. The van der Waals surface area contributed by atoms with Gasteiger partial charge in [-0.3, -0.25) is 10.1 Å². The van der Waals surface area contributed by atoms with E-state index in [2.05, 4.69) is 22.2 Å². The maximum absolute atomic E-state index is 12.4. The van der Waals surface area contributed by atoms with Crippen LogP contribution in [0.15, 0.2) is 24.3 Å². The number of likely N-dealkylation sites (N-methyl/N-ethyl adjacent to an activating group) is 1. The molecule has 0 saturated heterocycles. The predicted octanol–water partition coefficient (Wildman–Crippen LogP) is 2.45. The number of hydrogen-bond acceptors (Lipinski definition) is 5. The lowest BCUT2D eigenvalue weighted by Gasteiger charge is -2.20. The Balaban J connectivity index is 1.76. The maximum Gasteiger partial charge on any atom is 0.257 e. The van der Waals surface area contributed by atoms with E-state index in [1.54, 1.807) is 11.3 Å². The summed E-state index contributed by atoms with van der Waals surface area (Å²) in [6, 6.07) is 7.58. The molecule has 5 nitrogen and oxygen atoms in total. The Morgan fingerprint density at radius 1 is 1.41 bits per heavy atom. The molecular formula is C16H20N4OS. The Morgan fingerprint density at radius 2 is 2.23 bits per heavy atom. The van der Waals surface area contributed by atoms with Gasteiger partial charge in [-0.15, -0.1) is 11.3 Å². The molecule has 0 radical (unpaired) electrons. The van der Waals surface area contributed by atoms with Crippen LogP contribution in [-0.2, 0) is 13.0 Å². The molecule has 0 atom stereocenters. The lowest BCUT2D eigenvalue weighted by atomic mass is 10.2. The average Bonchev–Trinajstić information content (AvgIpc) is 2.88. The van der Waals surface area contributed by atoms with Gasteiger partial charge in [-0.05, 0) is 25.2 Å². The molecule has 0 aliphatic carbocycles. The van der Waals surface area contributed by atoms with Crippen molar-refractivity contribution in [1.29, 1.82) is 0 Å². The zero-order valence-electron chi connectivity index (χ0n) is 13.1. The van der Waals surface area contributed by atoms with Gasteiger partial charge in [0.2, 0.25) is 0 Å². The minimum Gasteiger partial charge on any atom is -0.378 e. The highest BCUT2D eigenvalue weighted by Gasteiger charge is 2.19. The number of nitrogens with zero attached hydrogens (tertiary/aromatic N) is 3. The predicted molar refractivity (Wildman–Crippen MR) is 90.9 cm³/mol. The maximum atomic E-state index is 12.4. The minimum absolute atomic E-state index is 0.108. The van der Waals surface area contributed by atoms with Crippen LogP contribution in [0.2, 0.25) is 0 Å². The molecule has 1 aliphatic heterocycles. The largest absolute Gasteiger partial charge is 0.378 e. The monoisotopic (exact) mass is 316 g/mol. The van der Waals surface area contributed by atoms with Gasteiger partial charge in [0.25, 0.3) is 5.91 Å². The zero-order valence-corrected chi connectivity index (χ0v) is 13.9. The fraction of sp³-hybridized carbons (Fsp3) is 0.375. The summed E-state index contributed by atoms with van der Waals surface area (Å²) in [5, 5.41) is 3.62. The summed E-state index contributed by atoms with van der Waals surface area (Å²) < 4.78 is 0. The lowest BCUT2D eigenvalue weighted by molar-refractivity contribution is 0.102. The van der Waals surface area contributed by atoms with Crippen molar-refractivity contribution >= 4 is 28.1 Å². The van der Waals surface area contributed by atoms with E-state index in [4.69, 9.17) is 0 Å². The first-order chi connectivity index (χ1) is 10.5. The molecule has 1 aromatic heterocycles. The number of thiazole rings is 1. The number of anilines is 2. The van der Waals surface area contributed by atoms with E-state index >= 15 is 0 Å². The van der Waals surface area contributed by atoms with Crippen LogP contribution in [0.3, 0.4) is 0 Å². The molecule has 1 aliphatic rings. The van der Waals surface area contributed by atoms with Crippen LogP contribution in [0.25, 0.3) is 0 Å². The second-order valence-corrected chi connectivity index (χ2v) is 6.86. The van der Waals surface area contributed by atoms with Crippen molar-refractivity contribution in [2.45, 2.75) is 13.0 Å². The summed E-state index contributed by atoms with van der Waals surface area (Å²) >= 11 is 1.58. The summed E-state index contributed by atoms with van der Waals surface area (Å²) in [6.45, 7) is 1.94. The summed E-state index contributed by atoms with van der Waals surface area (Å²) in [5.41, 5.74) is 2.78. The highest BCUT2D eigenvalue weighted by molar-refractivity contribution is 7.15. The van der Waals surface area contributed by atoms with Gasteiger partial charge in [-0.1, -0.05) is 6.07 Å². The Kier molecular flexibility index (Phi) is 4.13. The molecule has 0 fully saturated rings. The van der Waals surface area contributed by atoms with Gasteiger partial charge in [-0.25, -0.2) is 4.98 Å². The highest BCUT2D eigenvalue weighted by atomic mass is 32.1. The summed E-state index contributed by atoms with van der Waals surface area (Å²) in [4.78, 5) is 22.5. The molecule has 3 rings (SSSR count). The first-order valence-electron chi connectivity index (χ1n) is 7.29. The number of rotatable bonds is 3. The number of nitrogens with one attached hydrogen (secondary N) is 1. The normalized spacial score (nSPS) is 14.5. The highest BCUT2D eigenvalue weighted by Crippen LogP contribution is 2.28. The van der Waals surface area contributed by atoms with Crippen LogP contribution in [0.1, 0.15) is 20.9 Å². The second-order valence-electron chi connectivity index (χ2n) is 5.78. The van der Waals surface area contributed by atoms with Crippen molar-refractivity contribution in [3.8, 4) is 0 Å². The van der Waals surface area contributed by atoms with E-state index in [0.29, 0.717) is 10.7 Å². The number of fused-ring (bicyclic) bond motifs is 1. The van der Waals surface area contributed by atoms with Gasteiger partial charge in [0.05, 0.1) is 5.69 Å². The van der Waals surface area contributed by atoms with Crippen molar-refractivity contribution in [2.24, 2.45) is 0 Å². The van der Waals surface area contributed by atoms with E-state index < -0.39 is 0 Å². The Bertz CT molecular complexity index is 695. The van der Waals surface area contributed by atoms with Crippen LogP contribution >= 0.6 is 11.3 Å². The topological polar surface area (TPSA) is 48.5 Å². The van der Waals surface area contributed by atoms with Gasteiger partial charge in [0, 0.05) is 49.7 Å². The molecule has 1 amide bonds. The van der Waals surface area contributed by atoms with Gasteiger partial charge < -0.3 is 9.80 Å². The Hall–Kier alpha value is -1.92. The quantitative estimate of drug-likeness (QED) is 0.945. The van der Waals surface area contributed by atoms with E-state index in [1.807, 2.05) is 43.3 Å². The summed E-state index contributed by atoms with van der Waals surface area (Å²) in [6.07, 6.45) is 0.953. The fourth-order valence-corrected chi connectivity index (χ4v) is 3.55. The third kappa shape index (κ3) is 3.13. The van der Waals surface area contributed by atoms with E-state index in [9.17, 15) is 4.79 Å². The smallest absolute Gasteiger partial charge is 0.257 e. The summed E-state index contributed by atoms with van der Waals surface area (Å²) in [7, 11) is 6.03. The van der Waals surface area contributed by atoms with Crippen molar-refractivity contribution in [2.75, 3.05) is 37.9 Å². The van der Waals surface area contributed by atoms with E-state index in [-0.39, 0.29) is 5.91 Å². The number of aromatic nitrogens is 1. The molecule has 1 aromatic carbocycles. The number of hydrogen-bond donors (Lipinski definition) is 1. The molecule has 6 heteroatoms. The van der Waals surface area contributed by atoms with Gasteiger partial charge in [0.1, 0.15) is 0 Å². The third-order valence-corrected chi connectivity index (χ3v) is 4.77. The molecule has 0 spiro atoms. The van der Waals surface area contributed by atoms with Gasteiger partial charge >= 0.3 is 0 Å². The molecule has 2 heterocycles. The molecular weight excluding hydrogens is 296 g/mol. The van der Waals surface area contributed by atoms with Crippen LogP contribution in [-0.4, -0.2) is 43.5 Å². The first kappa shape index (κ1) is 15.0. The number of amides is 1. The fourth-order valence-electron chi connectivity index (χ4n) is 2.47. The van der Waals surface area contributed by atoms with Crippen molar-refractivity contribution in [3.05, 3.63) is 40.4 Å². The van der Waals surface area contributed by atoms with Crippen molar-refractivity contribution < 1.29 is 4.79 Å².